The van der Waals surface area contributed by atoms with Crippen LogP contribution in [0.1, 0.15) is 6.42 Å². The first-order valence-corrected chi connectivity index (χ1v) is 7.86. The molecule has 0 spiro atoms. The largest absolute Gasteiger partial charge is 0.372 e. The van der Waals surface area contributed by atoms with Crippen LogP contribution in [0.15, 0.2) is 0 Å². The molecule has 1 fully saturated rings. The van der Waals surface area contributed by atoms with Crippen LogP contribution < -0.4 is 0 Å². The molecule has 0 saturated carbocycles. The Labute approximate surface area is 70.1 Å². The van der Waals surface area contributed by atoms with E-state index in [4.69, 9.17) is 4.74 Å². The third-order valence-corrected chi connectivity index (χ3v) is 2.71. The average molecular weight is 168 g/mol. The van der Waals surface area contributed by atoms with Gasteiger partial charge in [-0.25, -0.2) is 0 Å². The maximum absolute atomic E-state index is 5.05. The number of rotatable bonds is 2. The molecule has 11 heavy (non-hydrogen) atoms. The Kier molecular flexibility index (Phi) is 2.75. The van der Waals surface area contributed by atoms with Crippen molar-refractivity contribution in [3.8, 4) is 11.8 Å². The van der Waals surface area contributed by atoms with Crippen molar-refractivity contribution in [1.82, 2.24) is 0 Å². The van der Waals surface area contributed by atoms with Crippen LogP contribution in [0.5, 0.6) is 0 Å². The smallest absolute Gasteiger partial charge is 0.0918 e. The summed E-state index contributed by atoms with van der Waals surface area (Å²) in [6, 6.07) is 1.12. The summed E-state index contributed by atoms with van der Waals surface area (Å²) in [6.45, 7) is 7.96. The first-order chi connectivity index (χ1) is 5.08. The summed E-state index contributed by atoms with van der Waals surface area (Å²) < 4.78 is 5.05. The van der Waals surface area contributed by atoms with Gasteiger partial charge in [0.1, 0.15) is 0 Å². The van der Waals surface area contributed by atoms with Crippen molar-refractivity contribution < 1.29 is 4.74 Å². The van der Waals surface area contributed by atoms with E-state index in [2.05, 4.69) is 31.5 Å². The van der Waals surface area contributed by atoms with Gasteiger partial charge in [-0.05, 0) is 0 Å². The maximum atomic E-state index is 5.05. The van der Waals surface area contributed by atoms with Gasteiger partial charge < -0.3 is 4.74 Å². The number of epoxide rings is 1. The van der Waals surface area contributed by atoms with Crippen LogP contribution in [0.2, 0.25) is 25.7 Å². The molecule has 1 unspecified atom stereocenters. The van der Waals surface area contributed by atoms with Crippen LogP contribution in [0.3, 0.4) is 0 Å². The molecular weight excluding hydrogens is 152 g/mol. The Bertz CT molecular complexity index is 178. The molecule has 1 saturated heterocycles. The van der Waals surface area contributed by atoms with Crippen LogP contribution in [-0.2, 0) is 4.74 Å². The van der Waals surface area contributed by atoms with E-state index in [0.717, 1.165) is 19.1 Å². The lowest BCUT2D eigenvalue weighted by molar-refractivity contribution is 0.412. The van der Waals surface area contributed by atoms with E-state index in [1.165, 1.54) is 0 Å². The second kappa shape index (κ2) is 3.42. The topological polar surface area (TPSA) is 12.5 Å². The normalized spacial score (nSPS) is 22.3. The molecule has 0 aliphatic carbocycles. The number of hydrogen-bond donors (Lipinski definition) is 0. The first kappa shape index (κ1) is 8.83. The molecule has 2 heteroatoms. The molecule has 0 radical (unpaired) electrons. The zero-order valence-electron chi connectivity index (χ0n) is 7.61. The molecule has 0 aromatic heterocycles. The highest BCUT2D eigenvalue weighted by molar-refractivity contribution is 6.76. The molecule has 1 rings (SSSR count). The Balaban J connectivity index is 2.11. The van der Waals surface area contributed by atoms with Gasteiger partial charge in [0.15, 0.2) is 0 Å². The van der Waals surface area contributed by atoms with Gasteiger partial charge in [0.05, 0.1) is 20.8 Å². The van der Waals surface area contributed by atoms with E-state index in [1.54, 1.807) is 0 Å². The molecule has 0 amide bonds. The van der Waals surface area contributed by atoms with Gasteiger partial charge >= 0.3 is 0 Å². The molecule has 1 heterocycles. The fourth-order valence-corrected chi connectivity index (χ4v) is 1.35. The predicted octanol–water partition coefficient (Wildman–Crippen LogP) is 2.12. The van der Waals surface area contributed by atoms with Crippen LogP contribution in [0.4, 0.5) is 0 Å². The summed E-state index contributed by atoms with van der Waals surface area (Å²) in [6.07, 6.45) is 1.42. The zero-order chi connectivity index (χ0) is 8.32. The van der Waals surface area contributed by atoms with Gasteiger partial charge in [0.2, 0.25) is 0 Å². The summed E-state index contributed by atoms with van der Waals surface area (Å²) >= 11 is 0. The SMILES string of the molecule is C[Si](C)(C)CC#CCC1CO1. The second-order valence-corrected chi connectivity index (χ2v) is 9.73. The van der Waals surface area contributed by atoms with Crippen molar-refractivity contribution in [2.45, 2.75) is 38.2 Å². The van der Waals surface area contributed by atoms with Crippen LogP contribution in [0.25, 0.3) is 0 Å². The van der Waals surface area contributed by atoms with E-state index in [0.29, 0.717) is 6.10 Å². The zero-order valence-corrected chi connectivity index (χ0v) is 8.61. The standard InChI is InChI=1S/C9H16OSi/c1-11(2,3)7-5-4-6-9-8-10-9/h9H,6-8H2,1-3H3. The molecule has 0 aromatic rings. The van der Waals surface area contributed by atoms with Gasteiger partial charge in [-0.2, -0.15) is 0 Å². The molecule has 1 nitrogen and oxygen atoms in total. The quantitative estimate of drug-likeness (QED) is 0.349. The minimum absolute atomic E-state index is 0.476. The fraction of sp³-hybridized carbons (Fsp3) is 0.778. The molecule has 1 aliphatic heterocycles. The van der Waals surface area contributed by atoms with Crippen molar-refractivity contribution in [2.75, 3.05) is 6.61 Å². The van der Waals surface area contributed by atoms with Crippen LogP contribution in [-0.4, -0.2) is 20.8 Å². The molecular formula is C9H16OSi. The fourth-order valence-electron chi connectivity index (χ4n) is 0.700. The van der Waals surface area contributed by atoms with Crippen molar-refractivity contribution in [3.05, 3.63) is 0 Å². The summed E-state index contributed by atoms with van der Waals surface area (Å²) in [5, 5.41) is 0. The molecule has 0 bridgehead atoms. The summed E-state index contributed by atoms with van der Waals surface area (Å²) in [5.41, 5.74) is 0. The van der Waals surface area contributed by atoms with Crippen molar-refractivity contribution in [3.63, 3.8) is 0 Å². The van der Waals surface area contributed by atoms with Gasteiger partial charge in [-0.15, -0.1) is 11.8 Å². The van der Waals surface area contributed by atoms with E-state index < -0.39 is 8.07 Å². The summed E-state index contributed by atoms with van der Waals surface area (Å²) in [7, 11) is -0.923. The lowest BCUT2D eigenvalue weighted by Crippen LogP contribution is -2.17. The van der Waals surface area contributed by atoms with Gasteiger partial charge in [0.25, 0.3) is 0 Å². The highest BCUT2D eigenvalue weighted by Gasteiger charge is 2.20. The monoisotopic (exact) mass is 168 g/mol. The van der Waals surface area contributed by atoms with Gasteiger partial charge in [-0.1, -0.05) is 19.6 Å². The summed E-state index contributed by atoms with van der Waals surface area (Å²) in [4.78, 5) is 0. The predicted molar refractivity (Wildman–Crippen MR) is 50.3 cm³/mol. The third kappa shape index (κ3) is 5.06. The van der Waals surface area contributed by atoms with Crippen LogP contribution in [0, 0.1) is 11.8 Å². The summed E-state index contributed by atoms with van der Waals surface area (Å²) in [5.74, 6) is 6.39. The third-order valence-electron chi connectivity index (χ3n) is 1.48. The highest BCUT2D eigenvalue weighted by Crippen LogP contribution is 2.12. The Morgan fingerprint density at radius 2 is 2.00 bits per heavy atom. The van der Waals surface area contributed by atoms with Gasteiger partial charge in [-0.3, -0.25) is 0 Å². The lowest BCUT2D eigenvalue weighted by Gasteiger charge is -2.09. The Morgan fingerprint density at radius 1 is 1.36 bits per heavy atom. The van der Waals surface area contributed by atoms with E-state index in [1.807, 2.05) is 0 Å². The lowest BCUT2D eigenvalue weighted by atomic mass is 10.3. The van der Waals surface area contributed by atoms with Crippen molar-refractivity contribution in [2.24, 2.45) is 0 Å². The average Bonchev–Trinajstić information content (AvgIpc) is 2.60. The molecule has 0 aromatic carbocycles. The van der Waals surface area contributed by atoms with Crippen molar-refractivity contribution >= 4 is 8.07 Å². The molecule has 1 aliphatic rings. The second-order valence-electron chi connectivity index (χ2n) is 4.25. The molecule has 62 valence electrons. The van der Waals surface area contributed by atoms with Gasteiger partial charge in [0, 0.05) is 12.5 Å². The Morgan fingerprint density at radius 3 is 2.45 bits per heavy atom. The maximum Gasteiger partial charge on any atom is 0.0918 e. The Hall–Kier alpha value is -0.263. The number of hydrogen-bond acceptors (Lipinski definition) is 1. The van der Waals surface area contributed by atoms with E-state index in [9.17, 15) is 0 Å². The first-order valence-electron chi connectivity index (χ1n) is 4.15. The van der Waals surface area contributed by atoms with Crippen LogP contribution >= 0.6 is 0 Å². The van der Waals surface area contributed by atoms with E-state index >= 15 is 0 Å². The number of ether oxygens (including phenoxy) is 1. The molecule has 0 N–H and O–H groups in total. The molecule has 1 atom stereocenters. The van der Waals surface area contributed by atoms with E-state index in [-0.39, 0.29) is 0 Å². The van der Waals surface area contributed by atoms with Crippen molar-refractivity contribution in [1.29, 1.82) is 0 Å². The minimum Gasteiger partial charge on any atom is -0.372 e. The highest BCUT2D eigenvalue weighted by atomic mass is 28.3. The minimum atomic E-state index is -0.923.